The fraction of sp³-hybridized carbons (Fsp3) is 0.333. The van der Waals surface area contributed by atoms with Gasteiger partial charge in [0, 0.05) is 17.7 Å². The van der Waals surface area contributed by atoms with Crippen molar-refractivity contribution in [1.29, 1.82) is 0 Å². The number of unbranched alkanes of at least 4 members (excludes halogenated alkanes) is 1. The van der Waals surface area contributed by atoms with Gasteiger partial charge in [-0.25, -0.2) is 0 Å². The van der Waals surface area contributed by atoms with E-state index in [0.717, 1.165) is 36.5 Å². The van der Waals surface area contributed by atoms with Gasteiger partial charge >= 0.3 is 0 Å². The summed E-state index contributed by atoms with van der Waals surface area (Å²) in [4.78, 5) is 0. The molecule has 0 radical (unpaired) electrons. The quantitative estimate of drug-likeness (QED) is 0.547. The number of rotatable bonds is 4. The van der Waals surface area contributed by atoms with Gasteiger partial charge in [-0.2, -0.15) is 0 Å². The van der Waals surface area contributed by atoms with E-state index in [1.807, 2.05) is 18.2 Å². The lowest BCUT2D eigenvalue weighted by Crippen LogP contribution is -1.82. The van der Waals surface area contributed by atoms with E-state index in [1.165, 1.54) is 5.39 Å². The molecule has 1 aromatic heterocycles. The van der Waals surface area contributed by atoms with E-state index in [4.69, 9.17) is 16.0 Å². The van der Waals surface area contributed by atoms with Gasteiger partial charge in [-0.15, -0.1) is 11.6 Å². The molecule has 1 aromatic carbocycles. The molecule has 0 bridgehead atoms. The SMILES string of the molecule is ClCCCCc1cc2ccccc2o1. The molecule has 0 atom stereocenters. The topological polar surface area (TPSA) is 13.1 Å². The minimum absolute atomic E-state index is 0.736. The average molecular weight is 209 g/mol. The molecule has 1 nitrogen and oxygen atoms in total. The van der Waals surface area contributed by atoms with E-state index in [-0.39, 0.29) is 0 Å². The number of halogens is 1. The maximum Gasteiger partial charge on any atom is 0.134 e. The summed E-state index contributed by atoms with van der Waals surface area (Å²) in [5.74, 6) is 1.80. The van der Waals surface area contributed by atoms with E-state index in [1.54, 1.807) is 0 Å². The van der Waals surface area contributed by atoms with Gasteiger partial charge in [-0.05, 0) is 25.0 Å². The molecule has 14 heavy (non-hydrogen) atoms. The molecule has 0 saturated carbocycles. The lowest BCUT2D eigenvalue weighted by Gasteiger charge is -1.92. The Kier molecular flexibility index (Phi) is 3.10. The number of furan rings is 1. The van der Waals surface area contributed by atoms with Crippen molar-refractivity contribution in [1.82, 2.24) is 0 Å². The van der Waals surface area contributed by atoms with Gasteiger partial charge in [0.05, 0.1) is 0 Å². The first-order valence-electron chi connectivity index (χ1n) is 4.93. The lowest BCUT2D eigenvalue weighted by molar-refractivity contribution is 0.537. The second-order valence-corrected chi connectivity index (χ2v) is 3.77. The number of alkyl halides is 1. The van der Waals surface area contributed by atoms with Crippen LogP contribution in [0, 0.1) is 0 Å². The highest BCUT2D eigenvalue weighted by molar-refractivity contribution is 6.17. The third-order valence-corrected chi connectivity index (χ3v) is 2.55. The molecule has 0 aliphatic carbocycles. The van der Waals surface area contributed by atoms with Crippen LogP contribution in [0.4, 0.5) is 0 Å². The molecule has 0 unspecified atom stereocenters. The second kappa shape index (κ2) is 4.52. The summed E-state index contributed by atoms with van der Waals surface area (Å²) in [5, 5.41) is 1.19. The highest BCUT2D eigenvalue weighted by Gasteiger charge is 2.01. The first kappa shape index (κ1) is 9.60. The van der Waals surface area contributed by atoms with Gasteiger partial charge in [-0.3, -0.25) is 0 Å². The van der Waals surface area contributed by atoms with Crippen molar-refractivity contribution in [3.8, 4) is 0 Å². The van der Waals surface area contributed by atoms with E-state index < -0.39 is 0 Å². The van der Waals surface area contributed by atoms with Crippen LogP contribution in [-0.2, 0) is 6.42 Å². The normalized spacial score (nSPS) is 10.9. The predicted octanol–water partition coefficient (Wildman–Crippen LogP) is 3.99. The monoisotopic (exact) mass is 208 g/mol. The first-order valence-corrected chi connectivity index (χ1v) is 5.47. The van der Waals surface area contributed by atoms with Crippen LogP contribution in [0.1, 0.15) is 18.6 Å². The first-order chi connectivity index (χ1) is 6.90. The summed E-state index contributed by atoms with van der Waals surface area (Å²) < 4.78 is 5.67. The van der Waals surface area contributed by atoms with Gasteiger partial charge in [0.15, 0.2) is 0 Å². The van der Waals surface area contributed by atoms with Crippen LogP contribution in [0.25, 0.3) is 11.0 Å². The van der Waals surface area contributed by atoms with Crippen LogP contribution in [0.3, 0.4) is 0 Å². The average Bonchev–Trinajstić information content (AvgIpc) is 2.60. The zero-order valence-electron chi connectivity index (χ0n) is 8.00. The fourth-order valence-corrected chi connectivity index (χ4v) is 1.74. The highest BCUT2D eigenvalue weighted by atomic mass is 35.5. The second-order valence-electron chi connectivity index (χ2n) is 3.40. The molecular weight excluding hydrogens is 196 g/mol. The fourth-order valence-electron chi connectivity index (χ4n) is 1.55. The molecule has 0 fully saturated rings. The van der Waals surface area contributed by atoms with E-state index in [2.05, 4.69) is 12.1 Å². The van der Waals surface area contributed by atoms with Crippen LogP contribution in [0.15, 0.2) is 34.7 Å². The number of hydrogen-bond donors (Lipinski definition) is 0. The Balaban J connectivity index is 2.11. The van der Waals surface area contributed by atoms with E-state index in [9.17, 15) is 0 Å². The summed E-state index contributed by atoms with van der Waals surface area (Å²) in [6.45, 7) is 0. The standard InChI is InChI=1S/C12H13ClO/c13-8-4-3-6-11-9-10-5-1-2-7-12(10)14-11/h1-2,5,7,9H,3-4,6,8H2. The minimum atomic E-state index is 0.736. The van der Waals surface area contributed by atoms with Crippen LogP contribution in [0.2, 0.25) is 0 Å². The third kappa shape index (κ3) is 2.10. The molecule has 0 aliphatic rings. The molecule has 2 rings (SSSR count). The van der Waals surface area contributed by atoms with Crippen molar-refractivity contribution in [2.75, 3.05) is 5.88 Å². The van der Waals surface area contributed by atoms with Crippen molar-refractivity contribution < 1.29 is 4.42 Å². The van der Waals surface area contributed by atoms with Crippen LogP contribution in [0.5, 0.6) is 0 Å². The van der Waals surface area contributed by atoms with Crippen LogP contribution in [-0.4, -0.2) is 5.88 Å². The molecule has 0 aliphatic heterocycles. The summed E-state index contributed by atoms with van der Waals surface area (Å²) in [7, 11) is 0. The molecule has 2 aromatic rings. The predicted molar refractivity (Wildman–Crippen MR) is 59.9 cm³/mol. The molecule has 0 saturated heterocycles. The van der Waals surface area contributed by atoms with E-state index >= 15 is 0 Å². The summed E-state index contributed by atoms with van der Waals surface area (Å²) in [6.07, 6.45) is 3.14. The third-order valence-electron chi connectivity index (χ3n) is 2.28. The molecular formula is C12H13ClO. The molecule has 0 amide bonds. The zero-order valence-corrected chi connectivity index (χ0v) is 8.76. The maximum atomic E-state index is 5.67. The molecule has 74 valence electrons. The van der Waals surface area contributed by atoms with Crippen molar-refractivity contribution >= 4 is 22.6 Å². The van der Waals surface area contributed by atoms with Crippen LogP contribution < -0.4 is 0 Å². The van der Waals surface area contributed by atoms with Crippen LogP contribution >= 0.6 is 11.6 Å². The number of fused-ring (bicyclic) bond motifs is 1. The van der Waals surface area contributed by atoms with Crippen molar-refractivity contribution in [2.45, 2.75) is 19.3 Å². The molecule has 0 spiro atoms. The van der Waals surface area contributed by atoms with Crippen molar-refractivity contribution in [3.63, 3.8) is 0 Å². The Morgan fingerprint density at radius 2 is 2.00 bits per heavy atom. The van der Waals surface area contributed by atoms with Gasteiger partial charge in [-0.1, -0.05) is 18.2 Å². The van der Waals surface area contributed by atoms with Gasteiger partial charge in [0.25, 0.3) is 0 Å². The van der Waals surface area contributed by atoms with E-state index in [0.29, 0.717) is 0 Å². The number of hydrogen-bond acceptors (Lipinski definition) is 1. The number of benzene rings is 1. The Morgan fingerprint density at radius 1 is 1.14 bits per heavy atom. The molecule has 1 heterocycles. The zero-order chi connectivity index (χ0) is 9.80. The summed E-state index contributed by atoms with van der Waals surface area (Å²) in [5.41, 5.74) is 0.980. The van der Waals surface area contributed by atoms with Gasteiger partial charge in [0.2, 0.25) is 0 Å². The lowest BCUT2D eigenvalue weighted by atomic mass is 10.2. The Labute approximate surface area is 88.7 Å². The number of aryl methyl sites for hydroxylation is 1. The van der Waals surface area contributed by atoms with Gasteiger partial charge < -0.3 is 4.42 Å². The van der Waals surface area contributed by atoms with Crippen molar-refractivity contribution in [3.05, 3.63) is 36.1 Å². The molecule has 0 N–H and O–H groups in total. The Hall–Kier alpha value is -0.950. The largest absolute Gasteiger partial charge is 0.461 e. The molecule has 2 heteroatoms. The van der Waals surface area contributed by atoms with Crippen molar-refractivity contribution in [2.24, 2.45) is 0 Å². The highest BCUT2D eigenvalue weighted by Crippen LogP contribution is 2.19. The Bertz CT molecular complexity index is 372. The number of para-hydroxylation sites is 1. The summed E-state index contributed by atoms with van der Waals surface area (Å²) in [6, 6.07) is 10.2. The minimum Gasteiger partial charge on any atom is -0.461 e. The Morgan fingerprint density at radius 3 is 2.79 bits per heavy atom. The maximum absolute atomic E-state index is 5.67. The summed E-state index contributed by atoms with van der Waals surface area (Å²) >= 11 is 5.62. The smallest absolute Gasteiger partial charge is 0.134 e. The van der Waals surface area contributed by atoms with Gasteiger partial charge in [0.1, 0.15) is 11.3 Å².